The van der Waals surface area contributed by atoms with Crippen molar-refractivity contribution >= 4 is 22.2 Å². The van der Waals surface area contributed by atoms with Crippen molar-refractivity contribution in [3.8, 4) is 0 Å². The summed E-state index contributed by atoms with van der Waals surface area (Å²) < 4.78 is 13.0. The van der Waals surface area contributed by atoms with E-state index in [-0.39, 0.29) is 5.82 Å². The molecular weight excluding hydrogens is 285 g/mol. The van der Waals surface area contributed by atoms with Crippen LogP contribution in [-0.4, -0.2) is 18.6 Å². The lowest BCUT2D eigenvalue weighted by Gasteiger charge is -2.21. The van der Waals surface area contributed by atoms with E-state index in [9.17, 15) is 4.39 Å². The van der Waals surface area contributed by atoms with Gasteiger partial charge in [0.25, 0.3) is 0 Å². The molecule has 1 aromatic heterocycles. The third kappa shape index (κ3) is 2.94. The zero-order chi connectivity index (χ0) is 14.8. The van der Waals surface area contributed by atoms with Crippen LogP contribution in [0.4, 0.5) is 15.2 Å². The van der Waals surface area contributed by atoms with Gasteiger partial charge < -0.3 is 10.2 Å². The summed E-state index contributed by atoms with van der Waals surface area (Å²) in [5.74, 6) is -0.210. The van der Waals surface area contributed by atoms with Crippen molar-refractivity contribution < 1.29 is 4.39 Å². The molecule has 0 saturated carbocycles. The first-order valence-electron chi connectivity index (χ1n) is 7.41. The van der Waals surface area contributed by atoms with Crippen LogP contribution in [0.25, 0.3) is 0 Å². The van der Waals surface area contributed by atoms with Gasteiger partial charge in [-0.25, -0.2) is 9.37 Å². The molecule has 2 aromatic rings. The Bertz CT molecular complexity index is 608. The van der Waals surface area contributed by atoms with Crippen LogP contribution in [0.1, 0.15) is 36.4 Å². The van der Waals surface area contributed by atoms with Gasteiger partial charge >= 0.3 is 0 Å². The van der Waals surface area contributed by atoms with Gasteiger partial charge in [0, 0.05) is 23.7 Å². The number of benzene rings is 1. The smallest absolute Gasteiger partial charge is 0.190 e. The van der Waals surface area contributed by atoms with Crippen LogP contribution in [0.3, 0.4) is 0 Å². The van der Waals surface area contributed by atoms with Crippen molar-refractivity contribution in [2.75, 3.05) is 18.5 Å². The highest BCUT2D eigenvalue weighted by molar-refractivity contribution is 7.15. The van der Waals surface area contributed by atoms with Gasteiger partial charge in [-0.1, -0.05) is 18.3 Å². The normalized spacial score (nSPS) is 17.6. The van der Waals surface area contributed by atoms with E-state index in [1.807, 2.05) is 11.9 Å². The second kappa shape index (κ2) is 6.12. The van der Waals surface area contributed by atoms with Crippen LogP contribution in [0, 0.1) is 5.82 Å². The van der Waals surface area contributed by atoms with Crippen molar-refractivity contribution in [1.29, 1.82) is 0 Å². The van der Waals surface area contributed by atoms with Gasteiger partial charge in [0.2, 0.25) is 0 Å². The number of nitrogens with one attached hydrogen (secondary N) is 1. The molecule has 0 spiro atoms. The van der Waals surface area contributed by atoms with Gasteiger partial charge in [0.05, 0.1) is 5.69 Å². The van der Waals surface area contributed by atoms with E-state index in [0.29, 0.717) is 6.04 Å². The minimum absolute atomic E-state index is 0.210. The fourth-order valence-corrected chi connectivity index (χ4v) is 3.97. The Morgan fingerprint density at radius 3 is 2.86 bits per heavy atom. The van der Waals surface area contributed by atoms with E-state index in [1.54, 1.807) is 23.5 Å². The van der Waals surface area contributed by atoms with Gasteiger partial charge in [-0.3, -0.25) is 0 Å². The number of fused-ring (bicyclic) bond motifs is 1. The maximum Gasteiger partial charge on any atom is 0.190 e. The number of rotatable bonds is 4. The summed E-state index contributed by atoms with van der Waals surface area (Å²) in [4.78, 5) is 8.19. The lowest BCUT2D eigenvalue weighted by Crippen LogP contribution is -2.23. The summed E-state index contributed by atoms with van der Waals surface area (Å²) in [7, 11) is 1.99. The molecule has 0 amide bonds. The number of thiazole rings is 1. The Morgan fingerprint density at radius 2 is 2.14 bits per heavy atom. The first kappa shape index (κ1) is 14.5. The van der Waals surface area contributed by atoms with Crippen LogP contribution in [0.5, 0.6) is 0 Å². The molecule has 0 saturated heterocycles. The molecule has 0 aliphatic heterocycles. The summed E-state index contributed by atoms with van der Waals surface area (Å²) in [6.07, 6.45) is 3.43. The zero-order valence-electron chi connectivity index (χ0n) is 12.4. The van der Waals surface area contributed by atoms with Gasteiger partial charge in [-0.2, -0.15) is 0 Å². The Morgan fingerprint density at radius 1 is 1.38 bits per heavy atom. The minimum atomic E-state index is -0.210. The summed E-state index contributed by atoms with van der Waals surface area (Å²) in [5.41, 5.74) is 2.18. The van der Waals surface area contributed by atoms with Gasteiger partial charge in [-0.15, -0.1) is 0 Å². The molecule has 1 aliphatic carbocycles. The number of hydrogen-bond acceptors (Lipinski definition) is 4. The third-order valence-corrected chi connectivity index (χ3v) is 5.18. The predicted octanol–water partition coefficient (Wildman–Crippen LogP) is 4.04. The SMILES string of the molecule is CCNC1CCCc2nc(N(C)c3ccc(F)cc3)sc21. The van der Waals surface area contributed by atoms with Crippen molar-refractivity contribution in [3.05, 3.63) is 40.7 Å². The molecule has 0 radical (unpaired) electrons. The number of aromatic nitrogens is 1. The lowest BCUT2D eigenvalue weighted by molar-refractivity contribution is 0.476. The van der Waals surface area contributed by atoms with E-state index >= 15 is 0 Å². The lowest BCUT2D eigenvalue weighted by atomic mass is 9.98. The fourth-order valence-electron chi connectivity index (χ4n) is 2.77. The van der Waals surface area contributed by atoms with Crippen LogP contribution < -0.4 is 10.2 Å². The molecule has 1 heterocycles. The molecule has 3 nitrogen and oxygen atoms in total. The van der Waals surface area contributed by atoms with Crippen LogP contribution >= 0.6 is 11.3 Å². The minimum Gasteiger partial charge on any atom is -0.321 e. The van der Waals surface area contributed by atoms with Gasteiger partial charge in [0.1, 0.15) is 5.82 Å². The molecule has 1 atom stereocenters. The predicted molar refractivity (Wildman–Crippen MR) is 85.9 cm³/mol. The highest BCUT2D eigenvalue weighted by atomic mass is 32.1. The number of aryl methyl sites for hydroxylation is 1. The van der Waals surface area contributed by atoms with Crippen molar-refractivity contribution in [3.63, 3.8) is 0 Å². The monoisotopic (exact) mass is 305 g/mol. The molecule has 0 bridgehead atoms. The maximum atomic E-state index is 13.0. The average molecular weight is 305 g/mol. The second-order valence-corrected chi connectivity index (χ2v) is 6.35. The van der Waals surface area contributed by atoms with Gasteiger partial charge in [0.15, 0.2) is 5.13 Å². The molecule has 1 N–H and O–H groups in total. The summed E-state index contributed by atoms with van der Waals surface area (Å²) in [5, 5.41) is 4.53. The molecule has 1 unspecified atom stereocenters. The Balaban J connectivity index is 1.88. The second-order valence-electron chi connectivity index (χ2n) is 5.35. The maximum absolute atomic E-state index is 13.0. The quantitative estimate of drug-likeness (QED) is 0.924. The fraction of sp³-hybridized carbons (Fsp3) is 0.438. The van der Waals surface area contributed by atoms with E-state index in [2.05, 4.69) is 12.2 Å². The first-order chi connectivity index (χ1) is 10.2. The molecule has 1 aliphatic rings. The number of halogens is 1. The zero-order valence-corrected chi connectivity index (χ0v) is 13.2. The number of anilines is 2. The largest absolute Gasteiger partial charge is 0.321 e. The number of nitrogens with zero attached hydrogens (tertiary/aromatic N) is 2. The molecule has 3 rings (SSSR count). The highest BCUT2D eigenvalue weighted by Gasteiger charge is 2.25. The molecule has 5 heteroatoms. The Kier molecular flexibility index (Phi) is 4.22. The third-order valence-electron chi connectivity index (χ3n) is 3.89. The summed E-state index contributed by atoms with van der Waals surface area (Å²) >= 11 is 1.75. The van der Waals surface area contributed by atoms with Crippen molar-refractivity contribution in [2.24, 2.45) is 0 Å². The average Bonchev–Trinajstić information content (AvgIpc) is 2.93. The van der Waals surface area contributed by atoms with Crippen molar-refractivity contribution in [2.45, 2.75) is 32.2 Å². The standard InChI is InChI=1S/C16H20FN3S/c1-3-18-13-5-4-6-14-15(13)21-16(19-14)20(2)12-9-7-11(17)8-10-12/h7-10,13,18H,3-6H2,1-2H3. The highest BCUT2D eigenvalue weighted by Crippen LogP contribution is 2.38. The molecule has 112 valence electrons. The first-order valence-corrected chi connectivity index (χ1v) is 8.23. The molecule has 0 fully saturated rings. The van der Waals surface area contributed by atoms with Crippen LogP contribution in [-0.2, 0) is 6.42 Å². The number of hydrogen-bond donors (Lipinski definition) is 1. The van der Waals surface area contributed by atoms with E-state index in [4.69, 9.17) is 4.98 Å². The summed E-state index contributed by atoms with van der Waals surface area (Å²) in [6.45, 7) is 3.12. The molecule has 21 heavy (non-hydrogen) atoms. The Hall–Kier alpha value is -1.46. The van der Waals surface area contributed by atoms with E-state index in [1.165, 1.54) is 35.5 Å². The van der Waals surface area contributed by atoms with E-state index < -0.39 is 0 Å². The summed E-state index contributed by atoms with van der Waals surface area (Å²) in [6, 6.07) is 6.99. The molecular formula is C16H20FN3S. The van der Waals surface area contributed by atoms with E-state index in [0.717, 1.165) is 23.8 Å². The Labute approximate surface area is 128 Å². The van der Waals surface area contributed by atoms with Crippen LogP contribution in [0.2, 0.25) is 0 Å². The van der Waals surface area contributed by atoms with Crippen molar-refractivity contribution in [1.82, 2.24) is 10.3 Å². The topological polar surface area (TPSA) is 28.2 Å². The van der Waals surface area contributed by atoms with Gasteiger partial charge in [-0.05, 0) is 50.1 Å². The van der Waals surface area contributed by atoms with Crippen LogP contribution in [0.15, 0.2) is 24.3 Å². The molecule has 1 aromatic carbocycles.